The highest BCUT2D eigenvalue weighted by Crippen LogP contribution is 2.02. The normalized spacial score (nSPS) is 11.3. The van der Waals surface area contributed by atoms with E-state index in [9.17, 15) is 14.4 Å². The van der Waals surface area contributed by atoms with Crippen LogP contribution in [0.4, 0.5) is 4.79 Å². The number of nitrogens with one attached hydrogen (secondary N) is 2. The summed E-state index contributed by atoms with van der Waals surface area (Å²) in [6, 6.07) is 17.9. The zero-order valence-electron chi connectivity index (χ0n) is 14.6. The van der Waals surface area contributed by atoms with Crippen LogP contribution in [0.25, 0.3) is 0 Å². The Balaban J connectivity index is 1.67. The molecule has 6 nitrogen and oxygen atoms in total. The van der Waals surface area contributed by atoms with Gasteiger partial charge in [0.25, 0.3) is 0 Å². The van der Waals surface area contributed by atoms with Crippen molar-refractivity contribution in [2.45, 2.75) is 26.0 Å². The molecule has 0 aliphatic heterocycles. The van der Waals surface area contributed by atoms with Crippen LogP contribution in [0.2, 0.25) is 0 Å². The van der Waals surface area contributed by atoms with Gasteiger partial charge in [-0.15, -0.1) is 0 Å². The van der Waals surface area contributed by atoms with Crippen molar-refractivity contribution in [2.75, 3.05) is 6.54 Å². The zero-order chi connectivity index (χ0) is 18.8. The third-order valence-electron chi connectivity index (χ3n) is 3.69. The Labute approximate surface area is 152 Å². The Bertz CT molecular complexity index is 732. The van der Waals surface area contributed by atoms with E-state index in [-0.39, 0.29) is 25.4 Å². The first-order valence-corrected chi connectivity index (χ1v) is 8.35. The second-order valence-electron chi connectivity index (χ2n) is 5.83. The number of Topliss-reactive ketones (excluding diaryl/α,β-unsaturated/α-hetero) is 1. The van der Waals surface area contributed by atoms with Crippen molar-refractivity contribution >= 4 is 17.8 Å². The minimum atomic E-state index is -0.688. The summed E-state index contributed by atoms with van der Waals surface area (Å²) >= 11 is 0. The van der Waals surface area contributed by atoms with Crippen molar-refractivity contribution < 1.29 is 19.1 Å². The molecule has 0 saturated carbocycles. The monoisotopic (exact) mass is 354 g/mol. The summed E-state index contributed by atoms with van der Waals surface area (Å²) in [5, 5.41) is 4.93. The second-order valence-corrected chi connectivity index (χ2v) is 5.83. The zero-order valence-corrected chi connectivity index (χ0v) is 14.6. The first kappa shape index (κ1) is 19.2. The van der Waals surface area contributed by atoms with Gasteiger partial charge in [-0.1, -0.05) is 60.7 Å². The highest BCUT2D eigenvalue weighted by molar-refractivity contribution is 5.91. The molecule has 0 aliphatic carbocycles. The van der Waals surface area contributed by atoms with Gasteiger partial charge in [0.15, 0.2) is 5.78 Å². The Morgan fingerprint density at radius 3 is 2.12 bits per heavy atom. The van der Waals surface area contributed by atoms with E-state index in [1.807, 2.05) is 60.7 Å². The minimum absolute atomic E-state index is 0.101. The Hall–Kier alpha value is -3.15. The lowest BCUT2D eigenvalue weighted by Crippen LogP contribution is -2.44. The predicted molar refractivity (Wildman–Crippen MR) is 97.4 cm³/mol. The SMILES string of the molecule is C[C@@H](NC(=O)CNC(=O)OCc1ccccc1)C(=O)Cc1ccccc1. The summed E-state index contributed by atoms with van der Waals surface area (Å²) in [6.45, 7) is 1.49. The number of ketones is 1. The van der Waals surface area contributed by atoms with Gasteiger partial charge in [-0.3, -0.25) is 9.59 Å². The van der Waals surface area contributed by atoms with Gasteiger partial charge in [-0.25, -0.2) is 4.79 Å². The molecule has 0 aliphatic rings. The van der Waals surface area contributed by atoms with Crippen molar-refractivity contribution in [1.82, 2.24) is 10.6 Å². The maximum atomic E-state index is 12.1. The van der Waals surface area contributed by atoms with Crippen LogP contribution in [0, 0.1) is 0 Å². The van der Waals surface area contributed by atoms with Crippen molar-refractivity contribution in [3.63, 3.8) is 0 Å². The van der Waals surface area contributed by atoms with Gasteiger partial charge >= 0.3 is 6.09 Å². The first-order chi connectivity index (χ1) is 12.5. The molecule has 0 aromatic heterocycles. The van der Waals surface area contributed by atoms with Crippen molar-refractivity contribution in [3.05, 3.63) is 71.8 Å². The molecule has 2 N–H and O–H groups in total. The average molecular weight is 354 g/mol. The number of benzene rings is 2. The molecule has 0 unspecified atom stereocenters. The minimum Gasteiger partial charge on any atom is -0.445 e. The quantitative estimate of drug-likeness (QED) is 0.761. The van der Waals surface area contributed by atoms with E-state index in [0.29, 0.717) is 0 Å². The third-order valence-corrected chi connectivity index (χ3v) is 3.69. The van der Waals surface area contributed by atoms with Gasteiger partial charge in [0.1, 0.15) is 13.2 Å². The summed E-state index contributed by atoms with van der Waals surface area (Å²) in [7, 11) is 0. The average Bonchev–Trinajstić information content (AvgIpc) is 2.66. The Kier molecular flexibility index (Phi) is 7.36. The summed E-state index contributed by atoms with van der Waals surface area (Å²) in [5.74, 6) is -0.549. The van der Waals surface area contributed by atoms with Crippen LogP contribution < -0.4 is 10.6 Å². The standard InChI is InChI=1S/C20H22N2O4/c1-15(18(23)12-16-8-4-2-5-9-16)22-19(24)13-21-20(25)26-14-17-10-6-3-7-11-17/h2-11,15H,12-14H2,1H3,(H,21,25)(H,22,24)/t15-/m1/s1. The molecule has 2 aromatic carbocycles. The van der Waals surface area contributed by atoms with Crippen LogP contribution in [0.3, 0.4) is 0 Å². The number of hydrogen-bond donors (Lipinski definition) is 2. The second kappa shape index (κ2) is 9.98. The van der Waals surface area contributed by atoms with Gasteiger partial charge in [-0.2, -0.15) is 0 Å². The summed E-state index contributed by atoms with van der Waals surface area (Å²) < 4.78 is 5.01. The van der Waals surface area contributed by atoms with Crippen LogP contribution in [0.1, 0.15) is 18.1 Å². The maximum absolute atomic E-state index is 12.1. The van der Waals surface area contributed by atoms with Crippen LogP contribution in [-0.2, 0) is 27.4 Å². The molecule has 0 fully saturated rings. The third kappa shape index (κ3) is 6.76. The van der Waals surface area contributed by atoms with E-state index in [1.165, 1.54) is 0 Å². The molecule has 0 bridgehead atoms. The van der Waals surface area contributed by atoms with E-state index < -0.39 is 18.0 Å². The number of alkyl carbamates (subject to hydrolysis) is 1. The molecule has 136 valence electrons. The highest BCUT2D eigenvalue weighted by Gasteiger charge is 2.16. The lowest BCUT2D eigenvalue weighted by molar-refractivity contribution is -0.126. The van der Waals surface area contributed by atoms with Crippen LogP contribution in [0.5, 0.6) is 0 Å². The molecule has 0 heterocycles. The fourth-order valence-corrected chi connectivity index (χ4v) is 2.25. The Morgan fingerprint density at radius 1 is 0.923 bits per heavy atom. The molecular formula is C20H22N2O4. The molecule has 0 radical (unpaired) electrons. The maximum Gasteiger partial charge on any atom is 0.407 e. The number of ether oxygens (including phenoxy) is 1. The Morgan fingerprint density at radius 2 is 1.50 bits per heavy atom. The van der Waals surface area contributed by atoms with E-state index in [1.54, 1.807) is 6.92 Å². The number of amides is 2. The molecule has 0 saturated heterocycles. The fraction of sp³-hybridized carbons (Fsp3) is 0.250. The van der Waals surface area contributed by atoms with Crippen LogP contribution >= 0.6 is 0 Å². The van der Waals surface area contributed by atoms with Crippen LogP contribution in [-0.4, -0.2) is 30.4 Å². The number of hydrogen-bond acceptors (Lipinski definition) is 4. The van der Waals surface area contributed by atoms with Crippen LogP contribution in [0.15, 0.2) is 60.7 Å². The van der Waals surface area contributed by atoms with E-state index in [0.717, 1.165) is 11.1 Å². The summed E-state index contributed by atoms with van der Waals surface area (Å²) in [4.78, 5) is 35.6. The number of rotatable bonds is 8. The van der Waals surface area contributed by atoms with Crippen molar-refractivity contribution in [3.8, 4) is 0 Å². The summed E-state index contributed by atoms with van der Waals surface area (Å²) in [6.07, 6.45) is -0.443. The van der Waals surface area contributed by atoms with Crippen molar-refractivity contribution in [1.29, 1.82) is 0 Å². The highest BCUT2D eigenvalue weighted by atomic mass is 16.5. The van der Waals surface area contributed by atoms with E-state index in [2.05, 4.69) is 10.6 Å². The molecular weight excluding hydrogens is 332 g/mol. The molecule has 1 atom stereocenters. The first-order valence-electron chi connectivity index (χ1n) is 8.35. The van der Waals surface area contributed by atoms with Crippen molar-refractivity contribution in [2.24, 2.45) is 0 Å². The summed E-state index contributed by atoms with van der Waals surface area (Å²) in [5.41, 5.74) is 1.74. The molecule has 6 heteroatoms. The topological polar surface area (TPSA) is 84.5 Å². The van der Waals surface area contributed by atoms with E-state index in [4.69, 9.17) is 4.74 Å². The molecule has 26 heavy (non-hydrogen) atoms. The molecule has 2 amide bonds. The predicted octanol–water partition coefficient (Wildman–Crippen LogP) is 2.23. The smallest absolute Gasteiger partial charge is 0.407 e. The lowest BCUT2D eigenvalue weighted by atomic mass is 10.0. The molecule has 0 spiro atoms. The van der Waals surface area contributed by atoms with Gasteiger partial charge in [0.2, 0.25) is 5.91 Å². The van der Waals surface area contributed by atoms with Gasteiger partial charge in [-0.05, 0) is 18.1 Å². The number of carbonyl (C=O) groups excluding carboxylic acids is 3. The van der Waals surface area contributed by atoms with Gasteiger partial charge in [0, 0.05) is 6.42 Å². The van der Waals surface area contributed by atoms with Gasteiger partial charge < -0.3 is 15.4 Å². The lowest BCUT2D eigenvalue weighted by Gasteiger charge is -2.13. The molecule has 2 rings (SSSR count). The largest absolute Gasteiger partial charge is 0.445 e. The fourth-order valence-electron chi connectivity index (χ4n) is 2.25. The molecule has 2 aromatic rings. The van der Waals surface area contributed by atoms with Gasteiger partial charge in [0.05, 0.1) is 6.04 Å². The van der Waals surface area contributed by atoms with E-state index >= 15 is 0 Å². The number of carbonyl (C=O) groups is 3.